The summed E-state index contributed by atoms with van der Waals surface area (Å²) in [5, 5.41) is 7.18. The standard InChI is InChI=1S/C13H18N2OS/c1-3-13(16-2)9-11(14-12(17)15-13)10-7-5-4-6-8-10/h4-8,11H,3,9H2,1-2H3,(H2,14,15,17)/t11-,13+/m1/s1. The Hall–Kier alpha value is -1.13. The number of hydrogen-bond acceptors (Lipinski definition) is 2. The minimum Gasteiger partial charge on any atom is -0.359 e. The van der Waals surface area contributed by atoms with E-state index in [9.17, 15) is 0 Å². The van der Waals surface area contributed by atoms with Gasteiger partial charge >= 0.3 is 0 Å². The van der Waals surface area contributed by atoms with Gasteiger partial charge in [-0.3, -0.25) is 0 Å². The van der Waals surface area contributed by atoms with Crippen LogP contribution >= 0.6 is 12.2 Å². The molecule has 2 rings (SSSR count). The van der Waals surface area contributed by atoms with Gasteiger partial charge in [-0.15, -0.1) is 0 Å². The van der Waals surface area contributed by atoms with Gasteiger partial charge in [0.1, 0.15) is 5.72 Å². The van der Waals surface area contributed by atoms with Crippen LogP contribution in [-0.2, 0) is 4.74 Å². The van der Waals surface area contributed by atoms with Crippen LogP contribution in [-0.4, -0.2) is 17.9 Å². The van der Waals surface area contributed by atoms with Gasteiger partial charge in [0.25, 0.3) is 0 Å². The number of ether oxygens (including phenoxy) is 1. The number of methoxy groups -OCH3 is 1. The topological polar surface area (TPSA) is 33.3 Å². The summed E-state index contributed by atoms with van der Waals surface area (Å²) in [6, 6.07) is 10.5. The highest BCUT2D eigenvalue weighted by molar-refractivity contribution is 7.80. The smallest absolute Gasteiger partial charge is 0.168 e. The molecule has 0 spiro atoms. The third kappa shape index (κ3) is 2.58. The van der Waals surface area contributed by atoms with Crippen LogP contribution in [0.15, 0.2) is 30.3 Å². The Morgan fingerprint density at radius 1 is 1.41 bits per heavy atom. The lowest BCUT2D eigenvalue weighted by Gasteiger charge is -2.42. The first-order chi connectivity index (χ1) is 8.19. The maximum Gasteiger partial charge on any atom is 0.168 e. The maximum absolute atomic E-state index is 5.61. The number of benzene rings is 1. The van der Waals surface area contributed by atoms with Gasteiger partial charge in [-0.1, -0.05) is 37.3 Å². The molecule has 17 heavy (non-hydrogen) atoms. The van der Waals surface area contributed by atoms with Crippen molar-refractivity contribution in [3.05, 3.63) is 35.9 Å². The predicted molar refractivity (Wildman–Crippen MR) is 72.7 cm³/mol. The lowest BCUT2D eigenvalue weighted by atomic mass is 9.93. The highest BCUT2D eigenvalue weighted by Crippen LogP contribution is 2.30. The van der Waals surface area contributed by atoms with E-state index in [1.807, 2.05) is 18.2 Å². The molecule has 1 saturated heterocycles. The van der Waals surface area contributed by atoms with Crippen molar-refractivity contribution >= 4 is 17.3 Å². The molecule has 1 heterocycles. The van der Waals surface area contributed by atoms with Gasteiger partial charge in [0, 0.05) is 13.5 Å². The Bertz CT molecular complexity index is 390. The van der Waals surface area contributed by atoms with Crippen molar-refractivity contribution in [3.63, 3.8) is 0 Å². The van der Waals surface area contributed by atoms with E-state index in [0.29, 0.717) is 5.11 Å². The summed E-state index contributed by atoms with van der Waals surface area (Å²) in [4.78, 5) is 0. The molecule has 1 aromatic rings. The summed E-state index contributed by atoms with van der Waals surface area (Å²) in [7, 11) is 1.73. The molecule has 0 amide bonds. The SMILES string of the molecule is CC[C@]1(OC)C[C@H](c2ccccc2)NC(=S)N1. The molecule has 0 bridgehead atoms. The lowest BCUT2D eigenvalue weighted by molar-refractivity contribution is -0.0473. The summed E-state index contributed by atoms with van der Waals surface area (Å²) in [5.74, 6) is 0. The van der Waals surface area contributed by atoms with Crippen LogP contribution in [0.25, 0.3) is 0 Å². The highest BCUT2D eigenvalue weighted by Gasteiger charge is 2.36. The Labute approximate surface area is 108 Å². The molecule has 2 atom stereocenters. The van der Waals surface area contributed by atoms with Crippen LogP contribution in [0.4, 0.5) is 0 Å². The Kier molecular flexibility index (Phi) is 3.64. The van der Waals surface area contributed by atoms with Gasteiger partial charge in [-0.05, 0) is 24.2 Å². The fraction of sp³-hybridized carbons (Fsp3) is 0.462. The van der Waals surface area contributed by atoms with Crippen molar-refractivity contribution in [1.82, 2.24) is 10.6 Å². The first-order valence-electron chi connectivity index (χ1n) is 5.88. The third-order valence-electron chi connectivity index (χ3n) is 3.34. The van der Waals surface area contributed by atoms with Gasteiger partial charge in [-0.2, -0.15) is 0 Å². The van der Waals surface area contributed by atoms with E-state index in [0.717, 1.165) is 12.8 Å². The summed E-state index contributed by atoms with van der Waals surface area (Å²) >= 11 is 5.26. The van der Waals surface area contributed by atoms with E-state index >= 15 is 0 Å². The van der Waals surface area contributed by atoms with Crippen LogP contribution in [0.3, 0.4) is 0 Å². The molecule has 2 N–H and O–H groups in total. The fourth-order valence-electron chi connectivity index (χ4n) is 2.23. The molecular weight excluding hydrogens is 232 g/mol. The largest absolute Gasteiger partial charge is 0.359 e. The molecule has 92 valence electrons. The second-order valence-electron chi connectivity index (χ2n) is 4.32. The van der Waals surface area contributed by atoms with Gasteiger partial charge in [-0.25, -0.2) is 0 Å². The van der Waals surface area contributed by atoms with Crippen LogP contribution in [0, 0.1) is 0 Å². The lowest BCUT2D eigenvalue weighted by Crippen LogP contribution is -2.59. The first-order valence-corrected chi connectivity index (χ1v) is 6.29. The average Bonchev–Trinajstić information content (AvgIpc) is 2.39. The molecule has 3 nitrogen and oxygen atoms in total. The van der Waals surface area contributed by atoms with Crippen LogP contribution in [0.1, 0.15) is 31.4 Å². The van der Waals surface area contributed by atoms with Crippen molar-refractivity contribution in [1.29, 1.82) is 0 Å². The number of nitrogens with one attached hydrogen (secondary N) is 2. The zero-order valence-corrected chi connectivity index (χ0v) is 11.0. The third-order valence-corrected chi connectivity index (χ3v) is 3.56. The molecule has 4 heteroatoms. The molecule has 1 aromatic carbocycles. The summed E-state index contributed by atoms with van der Waals surface area (Å²) in [6.45, 7) is 2.10. The Balaban J connectivity index is 2.22. The van der Waals surface area contributed by atoms with Crippen LogP contribution < -0.4 is 10.6 Å². The summed E-state index contributed by atoms with van der Waals surface area (Å²) in [5.41, 5.74) is 0.897. The molecule has 1 aliphatic heterocycles. The fourth-order valence-corrected chi connectivity index (χ4v) is 2.56. The highest BCUT2D eigenvalue weighted by atomic mass is 32.1. The first kappa shape index (κ1) is 12.3. The van der Waals surface area contributed by atoms with Crippen LogP contribution in [0.5, 0.6) is 0 Å². The zero-order valence-electron chi connectivity index (χ0n) is 10.2. The maximum atomic E-state index is 5.61. The van der Waals surface area contributed by atoms with E-state index in [4.69, 9.17) is 17.0 Å². The molecular formula is C13H18N2OS. The number of thiocarbonyl (C=S) groups is 1. The monoisotopic (exact) mass is 250 g/mol. The van der Waals surface area contributed by atoms with Crippen molar-refractivity contribution in [3.8, 4) is 0 Å². The summed E-state index contributed by atoms with van der Waals surface area (Å²) in [6.07, 6.45) is 1.75. The number of rotatable bonds is 3. The molecule has 0 unspecified atom stereocenters. The quantitative estimate of drug-likeness (QED) is 0.807. The van der Waals surface area contributed by atoms with Gasteiger partial charge in [0.2, 0.25) is 0 Å². The molecule has 1 fully saturated rings. The Morgan fingerprint density at radius 2 is 2.12 bits per heavy atom. The predicted octanol–water partition coefficient (Wildman–Crippen LogP) is 2.35. The molecule has 0 aromatic heterocycles. The van der Waals surface area contributed by atoms with Crippen molar-refractivity contribution < 1.29 is 4.74 Å². The molecule has 0 radical (unpaired) electrons. The van der Waals surface area contributed by atoms with E-state index < -0.39 is 0 Å². The minimum absolute atomic E-state index is 0.213. The van der Waals surface area contributed by atoms with Crippen molar-refractivity contribution in [2.75, 3.05) is 7.11 Å². The Morgan fingerprint density at radius 3 is 2.71 bits per heavy atom. The minimum atomic E-state index is -0.344. The second kappa shape index (κ2) is 5.02. The van der Waals surface area contributed by atoms with Crippen LogP contribution in [0.2, 0.25) is 0 Å². The van der Waals surface area contributed by atoms with Crippen molar-refractivity contribution in [2.24, 2.45) is 0 Å². The number of hydrogen-bond donors (Lipinski definition) is 2. The molecule has 0 saturated carbocycles. The normalized spacial score (nSPS) is 28.4. The van der Waals surface area contributed by atoms with E-state index in [2.05, 4.69) is 29.7 Å². The van der Waals surface area contributed by atoms with Gasteiger partial charge in [0.15, 0.2) is 5.11 Å². The second-order valence-corrected chi connectivity index (χ2v) is 4.73. The van der Waals surface area contributed by atoms with Gasteiger partial charge in [0.05, 0.1) is 6.04 Å². The molecule has 1 aliphatic rings. The molecule has 0 aliphatic carbocycles. The summed E-state index contributed by atoms with van der Waals surface area (Å²) < 4.78 is 5.61. The van der Waals surface area contributed by atoms with E-state index in [-0.39, 0.29) is 11.8 Å². The zero-order chi connectivity index (χ0) is 12.3. The van der Waals surface area contributed by atoms with Gasteiger partial charge < -0.3 is 15.4 Å². The van der Waals surface area contributed by atoms with E-state index in [1.54, 1.807) is 7.11 Å². The average molecular weight is 250 g/mol. The van der Waals surface area contributed by atoms with E-state index in [1.165, 1.54) is 5.56 Å². The van der Waals surface area contributed by atoms with Crippen molar-refractivity contribution in [2.45, 2.75) is 31.5 Å².